The van der Waals surface area contributed by atoms with Gasteiger partial charge in [-0.15, -0.1) is 5.10 Å². The predicted molar refractivity (Wildman–Crippen MR) is 58.3 cm³/mol. The van der Waals surface area contributed by atoms with Crippen molar-refractivity contribution in [2.75, 3.05) is 6.79 Å². The number of hydrogen-bond donors (Lipinski definition) is 1. The van der Waals surface area contributed by atoms with Gasteiger partial charge in [-0.2, -0.15) is 0 Å². The van der Waals surface area contributed by atoms with Crippen molar-refractivity contribution in [3.05, 3.63) is 22.4 Å². The largest absolute Gasteiger partial charge is 0.358 e. The van der Waals surface area contributed by atoms with Crippen LogP contribution in [-0.2, 0) is 9.47 Å². The highest BCUT2D eigenvalue weighted by Gasteiger charge is 2.47. The van der Waals surface area contributed by atoms with Gasteiger partial charge in [-0.3, -0.25) is 0 Å². The van der Waals surface area contributed by atoms with E-state index < -0.39 is 4.92 Å². The molecule has 17 heavy (non-hydrogen) atoms. The van der Waals surface area contributed by atoms with Crippen molar-refractivity contribution in [1.82, 2.24) is 10.2 Å². The fraction of sp³-hybridized carbons (Fsp3) is 0.700. The van der Waals surface area contributed by atoms with Crippen LogP contribution in [0.1, 0.15) is 26.2 Å². The summed E-state index contributed by atoms with van der Waals surface area (Å²) in [5.74, 6) is -0.0787. The molecule has 0 aromatic carbocycles. The molecular weight excluding hydrogens is 226 g/mol. The highest BCUT2D eigenvalue weighted by Crippen LogP contribution is 2.45. The summed E-state index contributed by atoms with van der Waals surface area (Å²) >= 11 is 0. The van der Waals surface area contributed by atoms with E-state index in [1.807, 2.05) is 0 Å². The molecule has 1 saturated heterocycles. The smallest absolute Gasteiger partial charge is 0.342 e. The molecule has 1 aromatic heterocycles. The quantitative estimate of drug-likeness (QED) is 0.596. The third-order valence-electron chi connectivity index (χ3n) is 2.87. The lowest BCUT2D eigenvalue weighted by atomic mass is 10.1. The Balaban J connectivity index is 0.000000128. The van der Waals surface area contributed by atoms with Gasteiger partial charge < -0.3 is 19.6 Å². The van der Waals surface area contributed by atoms with E-state index in [1.165, 1.54) is 25.1 Å². The summed E-state index contributed by atoms with van der Waals surface area (Å²) in [4.78, 5) is 9.26. The van der Waals surface area contributed by atoms with Crippen LogP contribution in [0.25, 0.3) is 0 Å². The number of nitrogens with zero attached hydrogens (tertiary/aromatic N) is 2. The van der Waals surface area contributed by atoms with Gasteiger partial charge in [-0.05, 0) is 24.7 Å². The maximum atomic E-state index is 9.80. The number of ether oxygens (including phenoxy) is 2. The highest BCUT2D eigenvalue weighted by atomic mass is 16.7. The van der Waals surface area contributed by atoms with Gasteiger partial charge in [-0.1, -0.05) is 5.10 Å². The SMILES string of the molecule is CC1CC2(CC2)OCO1.O=[N+]([O-])c1ccn[nH]1. The molecule has 2 heterocycles. The molecule has 1 aromatic rings. The Kier molecular flexibility index (Phi) is 3.39. The molecule has 3 rings (SSSR count). The summed E-state index contributed by atoms with van der Waals surface area (Å²) in [6.07, 6.45) is 5.35. The Labute approximate surface area is 98.3 Å². The number of rotatable bonds is 1. The summed E-state index contributed by atoms with van der Waals surface area (Å²) in [5.41, 5.74) is 0.275. The summed E-state index contributed by atoms with van der Waals surface area (Å²) < 4.78 is 10.7. The van der Waals surface area contributed by atoms with Crippen LogP contribution in [0.5, 0.6) is 0 Å². The van der Waals surface area contributed by atoms with Crippen LogP contribution in [-0.4, -0.2) is 33.6 Å². The van der Waals surface area contributed by atoms with Gasteiger partial charge in [0.05, 0.1) is 24.0 Å². The Morgan fingerprint density at radius 3 is 2.76 bits per heavy atom. The second-order valence-corrected chi connectivity index (χ2v) is 4.33. The normalized spacial score (nSPS) is 24.9. The van der Waals surface area contributed by atoms with Crippen molar-refractivity contribution in [3.63, 3.8) is 0 Å². The van der Waals surface area contributed by atoms with E-state index in [9.17, 15) is 10.1 Å². The molecule has 94 valence electrons. The minimum Gasteiger partial charge on any atom is -0.358 e. The Hall–Kier alpha value is -1.47. The molecule has 1 aliphatic heterocycles. The van der Waals surface area contributed by atoms with E-state index in [0.29, 0.717) is 12.9 Å². The lowest BCUT2D eigenvalue weighted by Crippen LogP contribution is -2.30. The van der Waals surface area contributed by atoms with Crippen LogP contribution >= 0.6 is 0 Å². The molecule has 7 nitrogen and oxygen atoms in total. The first-order valence-corrected chi connectivity index (χ1v) is 5.51. The second kappa shape index (κ2) is 4.80. The van der Waals surface area contributed by atoms with Crippen molar-refractivity contribution in [2.45, 2.75) is 37.9 Å². The molecule has 1 N–H and O–H groups in total. The minimum absolute atomic E-state index is 0.0787. The molecule has 0 amide bonds. The molecule has 7 heteroatoms. The summed E-state index contributed by atoms with van der Waals surface area (Å²) in [6, 6.07) is 1.29. The molecule has 1 atom stereocenters. The first-order chi connectivity index (χ1) is 8.11. The number of aromatic amines is 1. The second-order valence-electron chi connectivity index (χ2n) is 4.33. The zero-order chi connectivity index (χ0) is 12.3. The van der Waals surface area contributed by atoms with Crippen molar-refractivity contribution in [1.29, 1.82) is 0 Å². The molecule has 0 radical (unpaired) electrons. The average Bonchev–Trinajstić information content (AvgIpc) is 2.85. The Morgan fingerprint density at radius 1 is 1.65 bits per heavy atom. The van der Waals surface area contributed by atoms with Crippen LogP contribution < -0.4 is 0 Å². The number of aromatic nitrogens is 2. The van der Waals surface area contributed by atoms with Crippen molar-refractivity contribution in [3.8, 4) is 0 Å². The predicted octanol–water partition coefficient (Wildman–Crippen LogP) is 1.62. The molecule has 1 aliphatic carbocycles. The molecule has 1 saturated carbocycles. The van der Waals surface area contributed by atoms with Crippen LogP contribution in [0.3, 0.4) is 0 Å². The van der Waals surface area contributed by atoms with E-state index in [4.69, 9.17) is 9.47 Å². The number of H-pyrrole nitrogens is 1. The van der Waals surface area contributed by atoms with Crippen LogP contribution in [0, 0.1) is 10.1 Å². The lowest BCUT2D eigenvalue weighted by molar-refractivity contribution is -0.389. The van der Waals surface area contributed by atoms with Gasteiger partial charge in [0.1, 0.15) is 6.79 Å². The third kappa shape index (κ3) is 3.24. The van der Waals surface area contributed by atoms with E-state index in [-0.39, 0.29) is 11.4 Å². The molecule has 2 aliphatic rings. The standard InChI is InChI=1S/C7H12O2.C3H3N3O2/c1-6-4-7(2-3-7)9-5-8-6;7-6(8)3-1-2-4-5-3/h6H,2-5H2,1H3;1-2H,(H,4,5). The van der Waals surface area contributed by atoms with Gasteiger partial charge in [0.25, 0.3) is 0 Å². The van der Waals surface area contributed by atoms with Crippen LogP contribution in [0.2, 0.25) is 0 Å². The zero-order valence-corrected chi connectivity index (χ0v) is 9.59. The molecular formula is C10H15N3O4. The first kappa shape index (κ1) is 12.0. The molecule has 2 fully saturated rings. The van der Waals surface area contributed by atoms with E-state index in [2.05, 4.69) is 17.1 Å². The average molecular weight is 241 g/mol. The Bertz CT molecular complexity index is 375. The van der Waals surface area contributed by atoms with E-state index in [1.54, 1.807) is 0 Å². The topological polar surface area (TPSA) is 90.3 Å². The maximum absolute atomic E-state index is 9.80. The van der Waals surface area contributed by atoms with Crippen molar-refractivity contribution in [2.24, 2.45) is 0 Å². The van der Waals surface area contributed by atoms with Gasteiger partial charge in [0.15, 0.2) is 0 Å². The number of nitro groups is 1. The van der Waals surface area contributed by atoms with Gasteiger partial charge in [0, 0.05) is 6.42 Å². The monoisotopic (exact) mass is 241 g/mol. The van der Waals surface area contributed by atoms with Gasteiger partial charge >= 0.3 is 5.82 Å². The highest BCUT2D eigenvalue weighted by molar-refractivity contribution is 5.12. The lowest BCUT2D eigenvalue weighted by Gasteiger charge is -2.27. The summed E-state index contributed by atoms with van der Waals surface area (Å²) in [7, 11) is 0. The fourth-order valence-corrected chi connectivity index (χ4v) is 1.76. The van der Waals surface area contributed by atoms with Crippen LogP contribution in [0.4, 0.5) is 5.82 Å². The summed E-state index contributed by atoms with van der Waals surface area (Å²) in [6.45, 7) is 2.63. The minimum atomic E-state index is -0.535. The molecule has 1 unspecified atom stereocenters. The number of hydrogen-bond acceptors (Lipinski definition) is 5. The van der Waals surface area contributed by atoms with Crippen molar-refractivity contribution >= 4 is 5.82 Å². The third-order valence-corrected chi connectivity index (χ3v) is 2.87. The molecule has 0 bridgehead atoms. The molecule has 1 spiro atoms. The van der Waals surface area contributed by atoms with Crippen molar-refractivity contribution < 1.29 is 14.4 Å². The Morgan fingerprint density at radius 2 is 2.41 bits per heavy atom. The van der Waals surface area contributed by atoms with Crippen LogP contribution in [0.15, 0.2) is 12.3 Å². The number of nitrogens with one attached hydrogen (secondary N) is 1. The van der Waals surface area contributed by atoms with Gasteiger partial charge in [0.2, 0.25) is 0 Å². The van der Waals surface area contributed by atoms with Gasteiger partial charge in [-0.25, -0.2) is 0 Å². The van der Waals surface area contributed by atoms with E-state index in [0.717, 1.165) is 6.42 Å². The zero-order valence-electron chi connectivity index (χ0n) is 9.59. The first-order valence-electron chi connectivity index (χ1n) is 5.51. The fourth-order valence-electron chi connectivity index (χ4n) is 1.76. The van der Waals surface area contributed by atoms with E-state index >= 15 is 0 Å². The maximum Gasteiger partial charge on any atom is 0.342 e. The summed E-state index contributed by atoms with van der Waals surface area (Å²) in [5, 5.41) is 15.4.